The van der Waals surface area contributed by atoms with Gasteiger partial charge in [0.15, 0.2) is 0 Å². The highest BCUT2D eigenvalue weighted by molar-refractivity contribution is 6.30. The average molecular weight is 313 g/mol. The Morgan fingerprint density at radius 1 is 1.38 bits per heavy atom. The molecule has 1 aromatic rings. The van der Waals surface area contributed by atoms with Crippen LogP contribution in [0.1, 0.15) is 30.6 Å². The third-order valence-electron chi connectivity index (χ3n) is 2.68. The van der Waals surface area contributed by atoms with Crippen molar-refractivity contribution in [3.8, 4) is 0 Å². The maximum atomic E-state index is 12.4. The van der Waals surface area contributed by atoms with Gasteiger partial charge in [0, 0.05) is 24.1 Å². The highest BCUT2D eigenvalue weighted by Gasteiger charge is 2.18. The van der Waals surface area contributed by atoms with Gasteiger partial charge in [-0.1, -0.05) is 31.5 Å². The molecule has 0 radical (unpaired) electrons. The second-order valence-electron chi connectivity index (χ2n) is 5.03. The van der Waals surface area contributed by atoms with E-state index in [0.29, 0.717) is 17.2 Å². The van der Waals surface area contributed by atoms with E-state index < -0.39 is 0 Å². The summed E-state index contributed by atoms with van der Waals surface area (Å²) in [5.74, 6) is -0.172. The minimum absolute atomic E-state index is 0.146. The fourth-order valence-corrected chi connectivity index (χ4v) is 1.75. The second kappa shape index (κ2) is 8.64. The monoisotopic (exact) mass is 312 g/mol. The molecule has 0 saturated heterocycles. The molecule has 5 nitrogen and oxygen atoms in total. The first-order valence-electron chi connectivity index (χ1n) is 6.85. The number of carbonyl (C=O) groups excluding carboxylic acids is 2. The van der Waals surface area contributed by atoms with Crippen LogP contribution in [0, 0.1) is 5.92 Å². The van der Waals surface area contributed by atoms with Crippen molar-refractivity contribution in [2.24, 2.45) is 5.92 Å². The molecule has 6 heteroatoms. The lowest BCUT2D eigenvalue weighted by Gasteiger charge is -2.22. The topological polar surface area (TPSA) is 58.6 Å². The fourth-order valence-electron chi connectivity index (χ4n) is 1.56. The van der Waals surface area contributed by atoms with Crippen LogP contribution in [0.15, 0.2) is 24.3 Å². The predicted molar refractivity (Wildman–Crippen MR) is 82.0 cm³/mol. The highest BCUT2D eigenvalue weighted by Crippen LogP contribution is 2.14. The molecule has 0 aromatic heterocycles. The quantitative estimate of drug-likeness (QED) is 0.787. The van der Waals surface area contributed by atoms with Gasteiger partial charge in [-0.3, -0.25) is 14.4 Å². The van der Waals surface area contributed by atoms with Crippen LogP contribution in [0.5, 0.6) is 0 Å². The molecular weight excluding hydrogens is 292 g/mol. The fraction of sp³-hybridized carbons (Fsp3) is 0.467. The minimum atomic E-state index is -0.304. The first-order chi connectivity index (χ1) is 9.93. The van der Waals surface area contributed by atoms with E-state index >= 15 is 0 Å². The Hall–Kier alpha value is -1.59. The average Bonchev–Trinajstić information content (AvgIpc) is 2.46. The normalized spacial score (nSPS) is 10.5. The van der Waals surface area contributed by atoms with E-state index in [4.69, 9.17) is 16.4 Å². The van der Waals surface area contributed by atoms with Gasteiger partial charge in [0.1, 0.15) is 0 Å². The highest BCUT2D eigenvalue weighted by atomic mass is 35.5. The van der Waals surface area contributed by atoms with Crippen molar-refractivity contribution in [2.75, 3.05) is 20.2 Å². The largest absolute Gasteiger partial charge is 0.359 e. The molecule has 1 N–H and O–H groups in total. The van der Waals surface area contributed by atoms with E-state index in [-0.39, 0.29) is 30.7 Å². The molecule has 0 spiro atoms. The molecule has 2 amide bonds. The van der Waals surface area contributed by atoms with Gasteiger partial charge in [-0.15, -0.1) is 0 Å². The molecule has 1 rings (SSSR count). The van der Waals surface area contributed by atoms with Gasteiger partial charge < -0.3 is 5.32 Å². The molecule has 1 aromatic carbocycles. The summed E-state index contributed by atoms with van der Waals surface area (Å²) in [4.78, 5) is 29.3. The summed E-state index contributed by atoms with van der Waals surface area (Å²) in [5.41, 5.74) is 0.433. The molecule has 0 heterocycles. The van der Waals surface area contributed by atoms with Crippen LogP contribution in [-0.4, -0.2) is 37.1 Å². The van der Waals surface area contributed by atoms with Gasteiger partial charge in [-0.25, -0.2) is 5.06 Å². The maximum absolute atomic E-state index is 12.4. The maximum Gasteiger partial charge on any atom is 0.277 e. The summed E-state index contributed by atoms with van der Waals surface area (Å²) in [6.45, 7) is 4.57. The van der Waals surface area contributed by atoms with E-state index in [1.807, 2.05) is 13.8 Å². The summed E-state index contributed by atoms with van der Waals surface area (Å²) < 4.78 is 0. The molecule has 0 aliphatic carbocycles. The van der Waals surface area contributed by atoms with Crippen molar-refractivity contribution >= 4 is 23.4 Å². The van der Waals surface area contributed by atoms with Crippen molar-refractivity contribution in [1.29, 1.82) is 0 Å². The number of nitrogens with zero attached hydrogens (tertiary/aromatic N) is 1. The van der Waals surface area contributed by atoms with E-state index in [1.54, 1.807) is 31.3 Å². The van der Waals surface area contributed by atoms with Gasteiger partial charge in [0.05, 0.1) is 13.2 Å². The van der Waals surface area contributed by atoms with Crippen LogP contribution in [0.4, 0.5) is 0 Å². The SMILES string of the molecule is CNC(=O)CCN(OCC(C)C)C(=O)c1cccc(Cl)c1. The zero-order valence-corrected chi connectivity index (χ0v) is 13.3. The molecular formula is C15H21ClN2O3. The van der Waals surface area contributed by atoms with Gasteiger partial charge >= 0.3 is 0 Å². The Morgan fingerprint density at radius 3 is 2.67 bits per heavy atom. The number of benzene rings is 1. The molecule has 0 fully saturated rings. The molecule has 0 saturated carbocycles. The minimum Gasteiger partial charge on any atom is -0.359 e. The van der Waals surface area contributed by atoms with Crippen LogP contribution in [0.25, 0.3) is 0 Å². The third kappa shape index (κ3) is 6.14. The first kappa shape index (κ1) is 17.5. The van der Waals surface area contributed by atoms with Crippen molar-refractivity contribution in [1.82, 2.24) is 10.4 Å². The van der Waals surface area contributed by atoms with Gasteiger partial charge in [0.25, 0.3) is 5.91 Å². The summed E-state index contributed by atoms with van der Waals surface area (Å²) in [6, 6.07) is 6.65. The van der Waals surface area contributed by atoms with Crippen LogP contribution in [0.3, 0.4) is 0 Å². The number of amides is 2. The Bertz CT molecular complexity index is 492. The van der Waals surface area contributed by atoms with Crippen molar-refractivity contribution in [3.63, 3.8) is 0 Å². The molecule has 0 bridgehead atoms. The number of hydrogen-bond acceptors (Lipinski definition) is 3. The Kier molecular flexibility index (Phi) is 7.19. The molecule has 0 aliphatic heterocycles. The van der Waals surface area contributed by atoms with Gasteiger partial charge in [-0.2, -0.15) is 0 Å². The smallest absolute Gasteiger partial charge is 0.277 e. The van der Waals surface area contributed by atoms with E-state index in [0.717, 1.165) is 0 Å². The lowest BCUT2D eigenvalue weighted by atomic mass is 10.2. The zero-order valence-electron chi connectivity index (χ0n) is 12.6. The summed E-state index contributed by atoms with van der Waals surface area (Å²) in [7, 11) is 1.56. The summed E-state index contributed by atoms with van der Waals surface area (Å²) in [6.07, 6.45) is 0.181. The molecule has 0 aliphatic rings. The number of hydroxylamine groups is 2. The summed E-state index contributed by atoms with van der Waals surface area (Å²) in [5, 5.41) is 4.22. The predicted octanol–water partition coefficient (Wildman–Crippen LogP) is 2.51. The third-order valence-corrected chi connectivity index (χ3v) is 2.92. The Morgan fingerprint density at radius 2 is 2.10 bits per heavy atom. The molecule has 116 valence electrons. The van der Waals surface area contributed by atoms with E-state index in [9.17, 15) is 9.59 Å². The van der Waals surface area contributed by atoms with Crippen molar-refractivity contribution < 1.29 is 14.4 Å². The van der Waals surface area contributed by atoms with Crippen LogP contribution < -0.4 is 5.32 Å². The number of rotatable bonds is 7. The molecule has 0 atom stereocenters. The van der Waals surface area contributed by atoms with E-state index in [2.05, 4.69) is 5.32 Å². The lowest BCUT2D eigenvalue weighted by molar-refractivity contribution is -0.139. The summed E-state index contributed by atoms with van der Waals surface area (Å²) >= 11 is 5.90. The number of halogens is 1. The molecule has 0 unspecified atom stereocenters. The standard InChI is InChI=1S/C15H21ClN2O3/c1-11(2)10-21-18(8-7-14(19)17-3)15(20)12-5-4-6-13(16)9-12/h4-6,9,11H,7-8,10H2,1-3H3,(H,17,19). The van der Waals surface area contributed by atoms with Gasteiger partial charge in [-0.05, 0) is 24.1 Å². The van der Waals surface area contributed by atoms with Crippen molar-refractivity contribution in [2.45, 2.75) is 20.3 Å². The van der Waals surface area contributed by atoms with Crippen LogP contribution in [0.2, 0.25) is 5.02 Å². The number of nitrogens with one attached hydrogen (secondary N) is 1. The van der Waals surface area contributed by atoms with E-state index in [1.165, 1.54) is 5.06 Å². The second-order valence-corrected chi connectivity index (χ2v) is 5.47. The lowest BCUT2D eigenvalue weighted by Crippen LogP contribution is -2.35. The Balaban J connectivity index is 2.78. The number of hydrogen-bond donors (Lipinski definition) is 1. The molecule has 21 heavy (non-hydrogen) atoms. The zero-order chi connectivity index (χ0) is 15.8. The van der Waals surface area contributed by atoms with Gasteiger partial charge in [0.2, 0.25) is 5.91 Å². The van der Waals surface area contributed by atoms with Crippen LogP contribution in [-0.2, 0) is 9.63 Å². The van der Waals surface area contributed by atoms with Crippen molar-refractivity contribution in [3.05, 3.63) is 34.9 Å². The number of carbonyl (C=O) groups is 2. The van der Waals surface area contributed by atoms with Crippen LogP contribution >= 0.6 is 11.6 Å². The first-order valence-corrected chi connectivity index (χ1v) is 7.22. The Labute approximate surface area is 130 Å².